The molecule has 0 spiro atoms. The van der Waals surface area contributed by atoms with E-state index in [1.54, 1.807) is 7.11 Å². The summed E-state index contributed by atoms with van der Waals surface area (Å²) in [5, 5.41) is 12.0. The van der Waals surface area contributed by atoms with E-state index in [-0.39, 0.29) is 0 Å². The van der Waals surface area contributed by atoms with Gasteiger partial charge in [0, 0.05) is 6.42 Å². The van der Waals surface area contributed by atoms with Crippen LogP contribution in [0.25, 0.3) is 0 Å². The number of hydrogen-bond donors (Lipinski definition) is 1. The van der Waals surface area contributed by atoms with Crippen LogP contribution in [0.2, 0.25) is 0 Å². The summed E-state index contributed by atoms with van der Waals surface area (Å²) in [6.07, 6.45) is 0.134. The Morgan fingerprint density at radius 3 is 2.69 bits per heavy atom. The van der Waals surface area contributed by atoms with Gasteiger partial charge in [0.15, 0.2) is 0 Å². The minimum absolute atomic E-state index is 0.489. The minimum Gasteiger partial charge on any atom is -0.495 e. The topological polar surface area (TPSA) is 29.5 Å². The van der Waals surface area contributed by atoms with Crippen molar-refractivity contribution in [3.8, 4) is 5.75 Å². The minimum atomic E-state index is -0.489. The van der Waals surface area contributed by atoms with Gasteiger partial charge < -0.3 is 9.84 Å². The molecule has 0 amide bonds. The van der Waals surface area contributed by atoms with Crippen LogP contribution in [0.1, 0.15) is 16.5 Å². The van der Waals surface area contributed by atoms with E-state index in [1.165, 1.54) is 11.3 Å². The first-order valence-electron chi connectivity index (χ1n) is 5.14. The van der Waals surface area contributed by atoms with Crippen molar-refractivity contribution in [2.45, 2.75) is 12.5 Å². The molecular formula is C13H14O2S. The van der Waals surface area contributed by atoms with Gasteiger partial charge in [-0.15, -0.1) is 11.3 Å². The molecule has 0 aliphatic rings. The Bertz CT molecular complexity index is 436. The molecule has 0 bridgehead atoms. The van der Waals surface area contributed by atoms with Gasteiger partial charge >= 0.3 is 0 Å². The number of benzene rings is 1. The summed E-state index contributed by atoms with van der Waals surface area (Å²) in [6, 6.07) is 11.9. The highest BCUT2D eigenvalue weighted by Crippen LogP contribution is 2.32. The molecular weight excluding hydrogens is 220 g/mol. The molecule has 16 heavy (non-hydrogen) atoms. The molecule has 1 N–H and O–H groups in total. The molecule has 1 unspecified atom stereocenters. The van der Waals surface area contributed by atoms with E-state index in [0.29, 0.717) is 6.42 Å². The zero-order valence-corrected chi connectivity index (χ0v) is 9.91. The van der Waals surface area contributed by atoms with Gasteiger partial charge in [0.1, 0.15) is 5.75 Å². The Morgan fingerprint density at radius 1 is 1.25 bits per heavy atom. The van der Waals surface area contributed by atoms with E-state index in [9.17, 15) is 5.11 Å². The van der Waals surface area contributed by atoms with Crippen molar-refractivity contribution in [1.29, 1.82) is 0 Å². The smallest absolute Gasteiger partial charge is 0.135 e. The fraction of sp³-hybridized carbons (Fsp3) is 0.231. The van der Waals surface area contributed by atoms with E-state index in [4.69, 9.17) is 4.74 Å². The lowest BCUT2D eigenvalue weighted by molar-refractivity contribution is 0.178. The zero-order valence-electron chi connectivity index (χ0n) is 9.09. The Labute approximate surface area is 99.1 Å². The quantitative estimate of drug-likeness (QED) is 0.881. The van der Waals surface area contributed by atoms with Gasteiger partial charge in [0.05, 0.1) is 18.1 Å². The van der Waals surface area contributed by atoms with Crippen molar-refractivity contribution in [3.05, 3.63) is 52.2 Å². The van der Waals surface area contributed by atoms with Crippen LogP contribution < -0.4 is 4.74 Å². The van der Waals surface area contributed by atoms with Gasteiger partial charge in [0.25, 0.3) is 0 Å². The van der Waals surface area contributed by atoms with Gasteiger partial charge in [-0.2, -0.15) is 0 Å². The molecule has 1 atom stereocenters. The summed E-state index contributed by atoms with van der Waals surface area (Å²) in [7, 11) is 1.63. The molecule has 2 nitrogen and oxygen atoms in total. The first-order chi connectivity index (χ1) is 7.81. The normalized spacial score (nSPS) is 12.4. The highest BCUT2D eigenvalue weighted by molar-refractivity contribution is 7.10. The molecule has 0 aliphatic heterocycles. The first-order valence-corrected chi connectivity index (χ1v) is 6.02. The average Bonchev–Trinajstić information content (AvgIpc) is 2.78. The molecule has 0 saturated heterocycles. The van der Waals surface area contributed by atoms with E-state index in [0.717, 1.165) is 16.2 Å². The van der Waals surface area contributed by atoms with E-state index in [2.05, 4.69) is 0 Å². The van der Waals surface area contributed by atoms with E-state index >= 15 is 0 Å². The fourth-order valence-electron chi connectivity index (χ4n) is 1.65. The maximum absolute atomic E-state index is 10.1. The molecule has 1 aromatic heterocycles. The monoisotopic (exact) mass is 234 g/mol. The van der Waals surface area contributed by atoms with Gasteiger partial charge in [0.2, 0.25) is 0 Å². The van der Waals surface area contributed by atoms with Crippen molar-refractivity contribution in [3.63, 3.8) is 0 Å². The van der Waals surface area contributed by atoms with Gasteiger partial charge in [-0.1, -0.05) is 30.3 Å². The van der Waals surface area contributed by atoms with Crippen molar-refractivity contribution in [2.24, 2.45) is 0 Å². The number of methoxy groups -OCH3 is 1. The Hall–Kier alpha value is -1.32. The summed E-state index contributed by atoms with van der Waals surface area (Å²) < 4.78 is 5.19. The van der Waals surface area contributed by atoms with Crippen LogP contribution in [0.15, 0.2) is 41.8 Å². The van der Waals surface area contributed by atoms with Crippen LogP contribution in [0.5, 0.6) is 5.75 Å². The second kappa shape index (κ2) is 5.14. The predicted molar refractivity (Wildman–Crippen MR) is 66.0 cm³/mol. The van der Waals surface area contributed by atoms with Crippen molar-refractivity contribution in [1.82, 2.24) is 0 Å². The summed E-state index contributed by atoms with van der Waals surface area (Å²) in [5.41, 5.74) is 1.13. The average molecular weight is 234 g/mol. The molecule has 84 valence electrons. The molecule has 2 aromatic rings. The number of thiophene rings is 1. The highest BCUT2D eigenvalue weighted by Gasteiger charge is 2.14. The fourth-order valence-corrected chi connectivity index (χ4v) is 2.50. The maximum atomic E-state index is 10.1. The summed E-state index contributed by atoms with van der Waals surface area (Å²) in [4.78, 5) is 0.895. The number of rotatable bonds is 4. The van der Waals surface area contributed by atoms with Crippen molar-refractivity contribution in [2.75, 3.05) is 7.11 Å². The lowest BCUT2D eigenvalue weighted by atomic mass is 10.1. The molecule has 2 rings (SSSR count). The number of ether oxygens (including phenoxy) is 1. The molecule has 0 saturated carbocycles. The second-order valence-corrected chi connectivity index (χ2v) is 4.51. The molecule has 0 aliphatic carbocycles. The van der Waals surface area contributed by atoms with Crippen LogP contribution in [0, 0.1) is 0 Å². The number of hydrogen-bond acceptors (Lipinski definition) is 3. The SMILES string of the molecule is COc1ccsc1C(O)Cc1ccccc1. The van der Waals surface area contributed by atoms with Crippen LogP contribution in [0.4, 0.5) is 0 Å². The molecule has 1 heterocycles. The van der Waals surface area contributed by atoms with Gasteiger partial charge in [-0.25, -0.2) is 0 Å². The predicted octanol–water partition coefficient (Wildman–Crippen LogP) is 3.03. The van der Waals surface area contributed by atoms with Gasteiger partial charge in [-0.3, -0.25) is 0 Å². The maximum Gasteiger partial charge on any atom is 0.135 e. The first kappa shape index (κ1) is 11.2. The summed E-state index contributed by atoms with van der Waals surface area (Å²) >= 11 is 1.53. The molecule has 3 heteroatoms. The molecule has 0 radical (unpaired) electrons. The Morgan fingerprint density at radius 2 is 2.00 bits per heavy atom. The van der Waals surface area contributed by atoms with Crippen LogP contribution in [-0.4, -0.2) is 12.2 Å². The molecule has 1 aromatic carbocycles. The largest absolute Gasteiger partial charge is 0.495 e. The molecule has 0 fully saturated rings. The summed E-state index contributed by atoms with van der Waals surface area (Å²) in [5.74, 6) is 0.772. The third kappa shape index (κ3) is 2.43. The van der Waals surface area contributed by atoms with Crippen LogP contribution in [0.3, 0.4) is 0 Å². The zero-order chi connectivity index (χ0) is 11.4. The lowest BCUT2D eigenvalue weighted by Gasteiger charge is -2.10. The van der Waals surface area contributed by atoms with Crippen LogP contribution in [-0.2, 0) is 6.42 Å². The third-order valence-corrected chi connectivity index (χ3v) is 3.45. The number of aliphatic hydroxyl groups is 1. The third-order valence-electron chi connectivity index (χ3n) is 2.45. The lowest BCUT2D eigenvalue weighted by Crippen LogP contribution is -2.01. The van der Waals surface area contributed by atoms with Crippen molar-refractivity contribution < 1.29 is 9.84 Å². The van der Waals surface area contributed by atoms with Crippen LogP contribution >= 0.6 is 11.3 Å². The Kier molecular flexibility index (Phi) is 3.59. The summed E-state index contributed by atoms with van der Waals surface area (Å²) in [6.45, 7) is 0. The van der Waals surface area contributed by atoms with Gasteiger partial charge in [-0.05, 0) is 17.0 Å². The van der Waals surface area contributed by atoms with Crippen molar-refractivity contribution >= 4 is 11.3 Å². The standard InChI is InChI=1S/C13H14O2S/c1-15-12-7-8-16-13(12)11(14)9-10-5-3-2-4-6-10/h2-8,11,14H,9H2,1H3. The highest BCUT2D eigenvalue weighted by atomic mass is 32.1. The Balaban J connectivity index is 2.11. The number of aliphatic hydroxyl groups excluding tert-OH is 1. The van der Waals surface area contributed by atoms with E-state index in [1.807, 2.05) is 41.8 Å². The second-order valence-electron chi connectivity index (χ2n) is 3.56. The van der Waals surface area contributed by atoms with E-state index < -0.39 is 6.10 Å².